The standard InChI is InChI=1S/C35H45N5O3/c1-35(2,37)21-11-16-32(41)39(3)31(25-27-17-19-29(20-18-27)28-14-9-6-10-15-28)34(43)40(4)30(33(42)38-23-22-36)24-26-12-7-5-8-13-26/h5-20,30-31H,21-25,36-37H2,1-4H3,(H,38,42)/t30-,31-/m1/s1. The highest BCUT2D eigenvalue weighted by Crippen LogP contribution is 2.21. The minimum atomic E-state index is -0.851. The van der Waals surface area contributed by atoms with Gasteiger partial charge in [0.25, 0.3) is 0 Å². The Bertz CT molecular complexity index is 1350. The highest BCUT2D eigenvalue weighted by Gasteiger charge is 2.34. The zero-order chi connectivity index (χ0) is 31.4. The Hall–Kier alpha value is -4.27. The van der Waals surface area contributed by atoms with Crippen molar-refractivity contribution in [1.29, 1.82) is 0 Å². The SMILES string of the molecule is CN(C(=O)C=CCC(C)(C)N)[C@H](Cc1ccc(-c2ccccc2)cc1)C(=O)N(C)[C@H](Cc1ccccc1)C(=O)NCCN. The molecule has 0 bridgehead atoms. The van der Waals surface area contributed by atoms with E-state index in [9.17, 15) is 14.4 Å². The van der Waals surface area contributed by atoms with E-state index in [4.69, 9.17) is 11.5 Å². The van der Waals surface area contributed by atoms with Gasteiger partial charge in [-0.2, -0.15) is 0 Å². The molecular formula is C35H45N5O3. The molecule has 3 aromatic carbocycles. The van der Waals surface area contributed by atoms with Crippen LogP contribution in [0, 0.1) is 0 Å². The van der Waals surface area contributed by atoms with Crippen molar-refractivity contribution < 1.29 is 14.4 Å². The lowest BCUT2D eigenvalue weighted by Gasteiger charge is -2.34. The molecule has 2 atom stereocenters. The molecule has 0 spiro atoms. The normalized spacial score (nSPS) is 12.9. The molecule has 0 fully saturated rings. The highest BCUT2D eigenvalue weighted by atomic mass is 16.2. The summed E-state index contributed by atoms with van der Waals surface area (Å²) < 4.78 is 0. The Morgan fingerprint density at radius 2 is 1.33 bits per heavy atom. The quantitative estimate of drug-likeness (QED) is 0.251. The largest absolute Gasteiger partial charge is 0.353 e. The second-order valence-electron chi connectivity index (χ2n) is 11.6. The van der Waals surface area contributed by atoms with Gasteiger partial charge in [-0.05, 0) is 48.6 Å². The number of carbonyl (C=O) groups is 3. The van der Waals surface area contributed by atoms with Crippen LogP contribution in [-0.2, 0) is 27.2 Å². The summed E-state index contributed by atoms with van der Waals surface area (Å²) >= 11 is 0. The average molecular weight is 584 g/mol. The van der Waals surface area contributed by atoms with Crippen LogP contribution in [0.2, 0.25) is 0 Å². The number of rotatable bonds is 14. The minimum Gasteiger partial charge on any atom is -0.353 e. The van der Waals surface area contributed by atoms with Gasteiger partial charge in [-0.1, -0.05) is 91.0 Å². The van der Waals surface area contributed by atoms with Crippen molar-refractivity contribution in [2.45, 2.75) is 50.7 Å². The molecule has 0 aliphatic heterocycles. The molecule has 0 aliphatic carbocycles. The molecule has 43 heavy (non-hydrogen) atoms. The predicted octanol–water partition coefficient (Wildman–Crippen LogP) is 3.55. The van der Waals surface area contributed by atoms with E-state index in [0.717, 1.165) is 22.3 Å². The van der Waals surface area contributed by atoms with Gasteiger partial charge in [-0.15, -0.1) is 0 Å². The lowest BCUT2D eigenvalue weighted by Crippen LogP contribution is -2.56. The van der Waals surface area contributed by atoms with Gasteiger partial charge < -0.3 is 26.6 Å². The fourth-order valence-electron chi connectivity index (χ4n) is 4.76. The first-order valence-electron chi connectivity index (χ1n) is 14.6. The molecule has 228 valence electrons. The molecule has 0 heterocycles. The highest BCUT2D eigenvalue weighted by molar-refractivity contribution is 5.95. The van der Waals surface area contributed by atoms with Crippen LogP contribution in [0.25, 0.3) is 11.1 Å². The van der Waals surface area contributed by atoms with E-state index < -0.39 is 17.6 Å². The number of likely N-dealkylation sites (N-methyl/N-ethyl adjacent to an activating group) is 2. The molecular weight excluding hydrogens is 538 g/mol. The van der Waals surface area contributed by atoms with Gasteiger partial charge in [-0.25, -0.2) is 0 Å². The first kappa shape index (κ1) is 33.2. The van der Waals surface area contributed by atoms with Crippen LogP contribution in [0.15, 0.2) is 97.1 Å². The zero-order valence-electron chi connectivity index (χ0n) is 25.7. The third-order valence-corrected chi connectivity index (χ3v) is 7.33. The fourth-order valence-corrected chi connectivity index (χ4v) is 4.76. The van der Waals surface area contributed by atoms with E-state index in [1.807, 2.05) is 98.8 Å². The summed E-state index contributed by atoms with van der Waals surface area (Å²) in [6, 6.07) is 25.9. The smallest absolute Gasteiger partial charge is 0.246 e. The summed E-state index contributed by atoms with van der Waals surface area (Å²) in [7, 11) is 3.24. The van der Waals surface area contributed by atoms with E-state index in [1.165, 1.54) is 15.9 Å². The van der Waals surface area contributed by atoms with Crippen LogP contribution in [-0.4, -0.2) is 72.3 Å². The summed E-state index contributed by atoms with van der Waals surface area (Å²) in [5, 5.41) is 2.83. The molecule has 3 rings (SSSR count). The number of carbonyl (C=O) groups excluding carboxylic acids is 3. The molecule has 0 unspecified atom stereocenters. The van der Waals surface area contributed by atoms with Gasteiger partial charge in [0, 0.05) is 45.6 Å². The van der Waals surface area contributed by atoms with Crippen molar-refractivity contribution in [3.05, 3.63) is 108 Å². The Morgan fingerprint density at radius 1 is 0.791 bits per heavy atom. The van der Waals surface area contributed by atoms with Crippen molar-refractivity contribution >= 4 is 17.7 Å². The van der Waals surface area contributed by atoms with Crippen molar-refractivity contribution in [3.8, 4) is 11.1 Å². The minimum absolute atomic E-state index is 0.277. The Labute approximate surface area is 255 Å². The van der Waals surface area contributed by atoms with Crippen molar-refractivity contribution in [1.82, 2.24) is 15.1 Å². The van der Waals surface area contributed by atoms with Gasteiger partial charge in [0.1, 0.15) is 12.1 Å². The summed E-state index contributed by atoms with van der Waals surface area (Å²) in [6.45, 7) is 4.35. The molecule has 3 aromatic rings. The van der Waals surface area contributed by atoms with Crippen LogP contribution in [0.4, 0.5) is 0 Å². The topological polar surface area (TPSA) is 122 Å². The number of amides is 3. The summed E-state index contributed by atoms with van der Waals surface area (Å²) in [5.41, 5.74) is 15.2. The molecule has 0 saturated carbocycles. The zero-order valence-corrected chi connectivity index (χ0v) is 25.7. The Balaban J connectivity index is 1.91. The third kappa shape index (κ3) is 10.2. The summed E-state index contributed by atoms with van der Waals surface area (Å²) in [4.78, 5) is 43.7. The van der Waals surface area contributed by atoms with Crippen LogP contribution in [0.3, 0.4) is 0 Å². The number of hydrogen-bond donors (Lipinski definition) is 3. The van der Waals surface area contributed by atoms with E-state index in [2.05, 4.69) is 5.32 Å². The maximum Gasteiger partial charge on any atom is 0.246 e. The molecule has 8 nitrogen and oxygen atoms in total. The second-order valence-corrected chi connectivity index (χ2v) is 11.6. The van der Waals surface area contributed by atoms with Crippen LogP contribution in [0.5, 0.6) is 0 Å². The summed E-state index contributed by atoms with van der Waals surface area (Å²) in [6.07, 6.45) is 4.30. The number of nitrogens with two attached hydrogens (primary N) is 2. The molecule has 0 aliphatic rings. The third-order valence-electron chi connectivity index (χ3n) is 7.33. The van der Waals surface area contributed by atoms with Crippen LogP contribution in [0.1, 0.15) is 31.4 Å². The number of benzene rings is 3. The molecule has 0 saturated heterocycles. The van der Waals surface area contributed by atoms with Crippen molar-refractivity contribution in [2.75, 3.05) is 27.2 Å². The van der Waals surface area contributed by atoms with Gasteiger partial charge >= 0.3 is 0 Å². The molecule has 8 heteroatoms. The second kappa shape index (κ2) is 15.8. The maximum absolute atomic E-state index is 14.2. The van der Waals surface area contributed by atoms with E-state index in [-0.39, 0.29) is 30.7 Å². The van der Waals surface area contributed by atoms with E-state index in [0.29, 0.717) is 19.4 Å². The number of hydrogen-bond acceptors (Lipinski definition) is 5. The Morgan fingerprint density at radius 3 is 1.91 bits per heavy atom. The van der Waals surface area contributed by atoms with Gasteiger partial charge in [0.15, 0.2) is 0 Å². The van der Waals surface area contributed by atoms with Crippen LogP contribution >= 0.6 is 0 Å². The molecule has 5 N–H and O–H groups in total. The van der Waals surface area contributed by atoms with Crippen molar-refractivity contribution in [3.63, 3.8) is 0 Å². The first-order chi connectivity index (χ1) is 20.5. The molecule has 0 aromatic heterocycles. The number of nitrogens with zero attached hydrogens (tertiary/aromatic N) is 2. The van der Waals surface area contributed by atoms with Gasteiger partial charge in [0.2, 0.25) is 17.7 Å². The first-order valence-corrected chi connectivity index (χ1v) is 14.6. The Kier molecular flexibility index (Phi) is 12.2. The van der Waals surface area contributed by atoms with E-state index in [1.54, 1.807) is 20.2 Å². The average Bonchev–Trinajstić information content (AvgIpc) is 3.01. The number of nitrogens with one attached hydrogen (secondary N) is 1. The lowest BCUT2D eigenvalue weighted by atomic mass is 9.98. The van der Waals surface area contributed by atoms with Gasteiger partial charge in [-0.3, -0.25) is 14.4 Å². The summed E-state index contributed by atoms with van der Waals surface area (Å²) in [5.74, 6) is -0.946. The van der Waals surface area contributed by atoms with Crippen LogP contribution < -0.4 is 16.8 Å². The van der Waals surface area contributed by atoms with E-state index >= 15 is 0 Å². The van der Waals surface area contributed by atoms with Crippen molar-refractivity contribution in [2.24, 2.45) is 11.5 Å². The molecule has 0 radical (unpaired) electrons. The van der Waals surface area contributed by atoms with Gasteiger partial charge in [0.05, 0.1) is 0 Å². The predicted molar refractivity (Wildman–Crippen MR) is 173 cm³/mol. The molecule has 3 amide bonds. The fraction of sp³-hybridized carbons (Fsp3) is 0.343. The monoisotopic (exact) mass is 583 g/mol. The maximum atomic E-state index is 14.2. The lowest BCUT2D eigenvalue weighted by molar-refractivity contribution is -0.146.